The Bertz CT molecular complexity index is 698. The SMILES string of the molecule is CC[13CH2]C(C)=O.CC[13CH2][13C](C)=O.[2H]C([2H])([2H])C(CC)(C(C)=O)C([2H])([2H])[2H].[2H]C([2H])([2H])[13C](CC)([13C](C)=O)C([2H])([2H])[2H]. The number of carbonyl (C=O) groups is 4. The molecule has 0 aromatic rings. The van der Waals surface area contributed by atoms with Crippen LogP contribution in [-0.4, -0.2) is 23.1 Å². The molecule has 0 N–H and O–H groups in total. The van der Waals surface area contributed by atoms with Crippen LogP contribution in [0.25, 0.3) is 0 Å². The van der Waals surface area contributed by atoms with Gasteiger partial charge in [0.2, 0.25) is 0 Å². The fourth-order valence-corrected chi connectivity index (χ4v) is 1.20. The molecule has 0 heterocycles. The van der Waals surface area contributed by atoms with Crippen LogP contribution in [0.15, 0.2) is 0 Å². The van der Waals surface area contributed by atoms with Gasteiger partial charge in [-0.1, -0.05) is 55.1 Å². The maximum atomic E-state index is 11.3. The van der Waals surface area contributed by atoms with Gasteiger partial charge in [-0.25, -0.2) is 0 Å². The van der Waals surface area contributed by atoms with Crippen molar-refractivity contribution in [1.29, 1.82) is 0 Å². The van der Waals surface area contributed by atoms with Crippen molar-refractivity contribution in [2.24, 2.45) is 10.8 Å². The summed E-state index contributed by atoms with van der Waals surface area (Å²) >= 11 is 0. The van der Waals surface area contributed by atoms with Gasteiger partial charge in [0.25, 0.3) is 0 Å². The molecule has 0 aromatic heterocycles. The zero-order chi connectivity index (χ0) is 33.6. The lowest BCUT2D eigenvalue weighted by Crippen LogP contribution is -2.19. The van der Waals surface area contributed by atoms with Crippen molar-refractivity contribution in [2.75, 3.05) is 0 Å². The lowest BCUT2D eigenvalue weighted by atomic mass is 9.86. The van der Waals surface area contributed by atoms with Crippen LogP contribution in [0.4, 0.5) is 0 Å². The molecule has 0 aliphatic carbocycles. The third-order valence-electron chi connectivity index (χ3n) is 3.47. The second-order valence-electron chi connectivity index (χ2n) is 6.53. The quantitative estimate of drug-likeness (QED) is 0.408. The fourth-order valence-electron chi connectivity index (χ4n) is 1.20. The second-order valence-corrected chi connectivity index (χ2v) is 6.53. The second kappa shape index (κ2) is 19.0. The predicted octanol–water partition coefficient (Wildman–Crippen LogP) is 6.77. The molecule has 168 valence electrons. The van der Waals surface area contributed by atoms with E-state index in [1.54, 1.807) is 13.8 Å². The standard InChI is InChI=1S/2C7H14O.2C5H10O/c2*1-5-7(3,4)6(2)8;2*1-3-4-5(2)6/h2*5H2,1-4H3;2*3-4H2,1-2H3/i3D3,4D3,6+1,7+1;3D3,4D3;4+1,5+1;4+1. The summed E-state index contributed by atoms with van der Waals surface area (Å²) in [5, 5.41) is 0. The van der Waals surface area contributed by atoms with E-state index in [9.17, 15) is 19.2 Å². The fraction of sp³-hybridized carbons (Fsp3) is 0.833. The minimum atomic E-state index is -2.79. The number of hydrogen-bond donors (Lipinski definition) is 0. The van der Waals surface area contributed by atoms with Crippen LogP contribution >= 0.6 is 0 Å². The highest BCUT2D eigenvalue weighted by Crippen LogP contribution is 2.20. The third-order valence-corrected chi connectivity index (χ3v) is 3.47. The molecule has 0 fully saturated rings. The van der Waals surface area contributed by atoms with E-state index in [2.05, 4.69) is 0 Å². The first-order valence-electron chi connectivity index (χ1n) is 15.6. The minimum Gasteiger partial charge on any atom is -0.300 e. The molecular formula is C24H48O4. The topological polar surface area (TPSA) is 68.3 Å². The third kappa shape index (κ3) is 26.9. The summed E-state index contributed by atoms with van der Waals surface area (Å²) in [6.07, 6.45) is 3.01. The molecule has 0 amide bonds. The van der Waals surface area contributed by atoms with Crippen molar-refractivity contribution in [3.8, 4) is 0 Å². The monoisotopic (exact) mass is 417 g/mol. The first-order valence-corrected chi connectivity index (χ1v) is 9.56. The van der Waals surface area contributed by atoms with E-state index in [0.717, 1.165) is 39.5 Å². The summed E-state index contributed by atoms with van der Waals surface area (Å²) in [7, 11) is 0. The number of ketones is 4. The molecule has 0 radical (unpaired) electrons. The highest BCUT2D eigenvalue weighted by molar-refractivity contribution is 5.81. The summed E-state index contributed by atoms with van der Waals surface area (Å²) in [4.78, 5) is 42.6. The summed E-state index contributed by atoms with van der Waals surface area (Å²) < 4.78 is 86.1. The lowest BCUT2D eigenvalue weighted by Gasteiger charge is -2.17. The van der Waals surface area contributed by atoms with Crippen molar-refractivity contribution >= 4 is 23.1 Å². The van der Waals surface area contributed by atoms with Gasteiger partial charge < -0.3 is 9.59 Å². The van der Waals surface area contributed by atoms with Gasteiger partial charge in [0.15, 0.2) is 0 Å². The average Bonchev–Trinajstić information content (AvgIpc) is 2.65. The van der Waals surface area contributed by atoms with Gasteiger partial charge in [-0.05, 0) is 53.4 Å². The first-order chi connectivity index (χ1) is 17.5. The Hall–Kier alpha value is -1.32. The Labute approximate surface area is 192 Å². The molecule has 0 rings (SSSR count). The molecule has 28 heavy (non-hydrogen) atoms. The molecular weight excluding hydrogens is 357 g/mol. The van der Waals surface area contributed by atoms with Crippen molar-refractivity contribution in [1.82, 2.24) is 0 Å². The smallest absolute Gasteiger partial charge is 0.135 e. The van der Waals surface area contributed by atoms with Crippen molar-refractivity contribution in [3.05, 3.63) is 0 Å². The van der Waals surface area contributed by atoms with E-state index in [4.69, 9.17) is 16.4 Å². The van der Waals surface area contributed by atoms with Gasteiger partial charge in [0.1, 0.15) is 23.1 Å². The molecule has 0 unspecified atom stereocenters. The van der Waals surface area contributed by atoms with Crippen LogP contribution in [0.3, 0.4) is 0 Å². The first kappa shape index (κ1) is 14.6. The molecule has 0 saturated carbocycles. The summed E-state index contributed by atoms with van der Waals surface area (Å²) in [5.41, 5.74) is -4.44. The Balaban J connectivity index is -0.000000233. The average molecular weight is 418 g/mol. The number of hydrogen-bond acceptors (Lipinski definition) is 4. The molecule has 0 saturated heterocycles. The normalized spacial score (nSPS) is 18.3. The van der Waals surface area contributed by atoms with E-state index >= 15 is 0 Å². The van der Waals surface area contributed by atoms with Gasteiger partial charge >= 0.3 is 0 Å². The minimum absolute atomic E-state index is 0.213. The molecule has 0 aliphatic heterocycles. The maximum absolute atomic E-state index is 11.3. The molecule has 0 aromatic carbocycles. The van der Waals surface area contributed by atoms with Crippen molar-refractivity contribution in [3.63, 3.8) is 0 Å². The molecule has 4 nitrogen and oxygen atoms in total. The van der Waals surface area contributed by atoms with Gasteiger partial charge in [-0.15, -0.1) is 0 Å². The van der Waals surface area contributed by atoms with Crippen LogP contribution in [0.5, 0.6) is 0 Å². The van der Waals surface area contributed by atoms with Gasteiger partial charge in [-0.2, -0.15) is 0 Å². The van der Waals surface area contributed by atoms with E-state index in [0.29, 0.717) is 0 Å². The van der Waals surface area contributed by atoms with Crippen LogP contribution < -0.4 is 0 Å². The van der Waals surface area contributed by atoms with Crippen LogP contribution in [-0.2, 0) is 19.2 Å². The predicted molar refractivity (Wildman–Crippen MR) is 121 cm³/mol. The zero-order valence-corrected chi connectivity index (χ0v) is 18.9. The molecule has 0 bridgehead atoms. The van der Waals surface area contributed by atoms with Gasteiger partial charge in [-0.3, -0.25) is 9.59 Å². The summed E-state index contributed by atoms with van der Waals surface area (Å²) in [5.74, 6) is -1.03. The highest BCUT2D eigenvalue weighted by Gasteiger charge is 2.20. The van der Waals surface area contributed by atoms with Crippen molar-refractivity contribution in [2.45, 2.75) is 121 Å². The van der Waals surface area contributed by atoms with Gasteiger partial charge in [0.05, 0.1) is 0 Å². The van der Waals surface area contributed by atoms with Gasteiger partial charge in [0, 0.05) is 40.1 Å². The molecule has 0 aliphatic rings. The maximum Gasteiger partial charge on any atom is 0.135 e. The van der Waals surface area contributed by atoms with Crippen LogP contribution in [0.2, 0.25) is 0 Å². The largest absolute Gasteiger partial charge is 0.300 e. The Morgan fingerprint density at radius 2 is 0.857 bits per heavy atom. The number of rotatable bonds is 8. The Morgan fingerprint density at radius 3 is 0.857 bits per heavy atom. The van der Waals surface area contributed by atoms with E-state index < -0.39 is 49.8 Å². The van der Waals surface area contributed by atoms with E-state index in [1.807, 2.05) is 13.8 Å². The number of Topliss-reactive ketones (excluding diaryl/α,β-unsaturated/α-hetero) is 4. The number of carbonyl (C=O) groups excluding carboxylic acids is 4. The molecule has 0 atom stereocenters. The Morgan fingerprint density at radius 1 is 0.607 bits per heavy atom. The summed E-state index contributed by atoms with van der Waals surface area (Å²) in [6, 6.07) is 0. The zero-order valence-electron chi connectivity index (χ0n) is 30.9. The molecule has 0 spiro atoms. The van der Waals surface area contributed by atoms with E-state index in [-0.39, 0.29) is 24.4 Å². The van der Waals surface area contributed by atoms with Crippen LogP contribution in [0.1, 0.15) is 138 Å². The Kier molecular flexibility index (Phi) is 9.94. The lowest BCUT2D eigenvalue weighted by molar-refractivity contribution is -0.125. The summed E-state index contributed by atoms with van der Waals surface area (Å²) in [6.45, 7) is 0.899. The highest BCUT2D eigenvalue weighted by atomic mass is 16.2. The van der Waals surface area contributed by atoms with Crippen LogP contribution in [0, 0.1) is 10.8 Å². The molecule has 4 heteroatoms. The van der Waals surface area contributed by atoms with Crippen molar-refractivity contribution < 1.29 is 35.6 Å². The van der Waals surface area contributed by atoms with E-state index in [1.165, 1.54) is 13.8 Å².